The first-order valence-electron chi connectivity index (χ1n) is 8.90. The van der Waals surface area contributed by atoms with E-state index in [0.717, 1.165) is 0 Å². The van der Waals surface area contributed by atoms with Gasteiger partial charge in [-0.1, -0.05) is 10.3 Å². The highest BCUT2D eigenvalue weighted by atomic mass is 32.2. The first kappa shape index (κ1) is 25.0. The molecule has 16 heteroatoms. The quantitative estimate of drug-likeness (QED) is 0.378. The fourth-order valence-corrected chi connectivity index (χ4v) is 4.42. The largest absolute Gasteiger partial charge is 0.497 e. The van der Waals surface area contributed by atoms with E-state index in [1.165, 1.54) is 62.8 Å². The second-order valence-corrected chi connectivity index (χ2v) is 10.1. The molecule has 1 fully saturated rings. The SMILES string of the molecule is COc1ccc(S(=O)(=O)O/N=C2\S/C(=N\OS(=O)(=O)c3ccc(OC)cc3)C(=O)NC2=O)cc1. The molecule has 1 aliphatic heterocycles. The Bertz CT molecular complexity index is 1260. The monoisotopic (exact) mass is 529 g/mol. The van der Waals surface area contributed by atoms with Crippen molar-refractivity contribution in [2.75, 3.05) is 14.2 Å². The fraction of sp³-hybridized carbons (Fsp3) is 0.111. The molecular weight excluding hydrogens is 514 g/mol. The summed E-state index contributed by atoms with van der Waals surface area (Å²) in [5.41, 5.74) is 0. The summed E-state index contributed by atoms with van der Waals surface area (Å²) in [5.74, 6) is -1.37. The zero-order valence-corrected chi connectivity index (χ0v) is 19.8. The van der Waals surface area contributed by atoms with Crippen molar-refractivity contribution in [1.82, 2.24) is 5.32 Å². The molecule has 0 bridgehead atoms. The Morgan fingerprint density at radius 3 is 1.35 bits per heavy atom. The van der Waals surface area contributed by atoms with Crippen LogP contribution in [0.15, 0.2) is 68.6 Å². The lowest BCUT2D eigenvalue weighted by molar-refractivity contribution is -0.123. The molecular formula is C18H15N3O10S3. The van der Waals surface area contributed by atoms with Gasteiger partial charge in [-0.2, -0.15) is 16.8 Å². The molecule has 180 valence electrons. The molecule has 13 nitrogen and oxygen atoms in total. The smallest absolute Gasteiger partial charge is 0.358 e. The number of methoxy groups -OCH3 is 2. The molecule has 34 heavy (non-hydrogen) atoms. The van der Waals surface area contributed by atoms with Crippen molar-refractivity contribution < 1.29 is 44.5 Å². The van der Waals surface area contributed by atoms with Crippen LogP contribution in [0.2, 0.25) is 0 Å². The summed E-state index contributed by atoms with van der Waals surface area (Å²) < 4.78 is 68.0. The molecule has 2 amide bonds. The summed E-state index contributed by atoms with van der Waals surface area (Å²) in [6.07, 6.45) is 0. The summed E-state index contributed by atoms with van der Waals surface area (Å²) in [7, 11) is -6.03. The van der Waals surface area contributed by atoms with Gasteiger partial charge in [0.2, 0.25) is 10.1 Å². The molecule has 2 aromatic rings. The van der Waals surface area contributed by atoms with E-state index in [1.54, 1.807) is 0 Å². The van der Waals surface area contributed by atoms with Crippen molar-refractivity contribution in [2.45, 2.75) is 9.79 Å². The van der Waals surface area contributed by atoms with E-state index in [9.17, 15) is 26.4 Å². The van der Waals surface area contributed by atoms with Gasteiger partial charge < -0.3 is 9.47 Å². The minimum Gasteiger partial charge on any atom is -0.497 e. The number of imide groups is 1. The Morgan fingerprint density at radius 1 is 0.676 bits per heavy atom. The van der Waals surface area contributed by atoms with E-state index >= 15 is 0 Å². The third kappa shape index (κ3) is 5.83. The Balaban J connectivity index is 1.76. The molecule has 1 aliphatic rings. The zero-order chi connectivity index (χ0) is 24.9. The lowest BCUT2D eigenvalue weighted by atomic mass is 10.3. The van der Waals surface area contributed by atoms with Gasteiger partial charge >= 0.3 is 20.2 Å². The average molecular weight is 530 g/mol. The number of ether oxygens (including phenoxy) is 2. The minimum absolute atomic E-state index is 0.251. The highest BCUT2D eigenvalue weighted by Crippen LogP contribution is 2.21. The van der Waals surface area contributed by atoms with Gasteiger partial charge in [0.15, 0.2) is 0 Å². The van der Waals surface area contributed by atoms with Gasteiger partial charge in [-0.05, 0) is 60.3 Å². The van der Waals surface area contributed by atoms with Crippen molar-refractivity contribution in [3.63, 3.8) is 0 Å². The van der Waals surface area contributed by atoms with Gasteiger partial charge in [-0.3, -0.25) is 23.5 Å². The third-order valence-electron chi connectivity index (χ3n) is 3.94. The normalized spacial score (nSPS) is 16.8. The summed E-state index contributed by atoms with van der Waals surface area (Å²) >= 11 is 0.251. The van der Waals surface area contributed by atoms with E-state index in [0.29, 0.717) is 11.5 Å². The molecule has 0 atom stereocenters. The van der Waals surface area contributed by atoms with E-state index in [1.807, 2.05) is 5.32 Å². The van der Waals surface area contributed by atoms with E-state index in [4.69, 9.17) is 9.47 Å². The van der Waals surface area contributed by atoms with E-state index in [-0.39, 0.29) is 21.6 Å². The van der Waals surface area contributed by atoms with Crippen molar-refractivity contribution >= 4 is 53.9 Å². The third-order valence-corrected chi connectivity index (χ3v) is 7.09. The van der Waals surface area contributed by atoms with Gasteiger partial charge in [0, 0.05) is 0 Å². The topological polar surface area (TPSA) is 176 Å². The highest BCUT2D eigenvalue weighted by molar-refractivity contribution is 8.29. The lowest BCUT2D eigenvalue weighted by Crippen LogP contribution is -2.44. The van der Waals surface area contributed by atoms with Crippen molar-refractivity contribution in [1.29, 1.82) is 0 Å². The molecule has 1 saturated heterocycles. The molecule has 0 radical (unpaired) electrons. The number of thioether (sulfide) groups is 1. The number of hydrogen-bond donors (Lipinski definition) is 1. The number of carbonyl (C=O) groups excluding carboxylic acids is 2. The predicted octanol–water partition coefficient (Wildman–Crippen LogP) is 0.831. The summed E-state index contributed by atoms with van der Waals surface area (Å²) in [4.78, 5) is 23.4. The van der Waals surface area contributed by atoms with Crippen molar-refractivity contribution in [3.8, 4) is 11.5 Å². The molecule has 0 aromatic heterocycles. The molecule has 1 heterocycles. The molecule has 0 unspecified atom stereocenters. The molecule has 0 saturated carbocycles. The first-order valence-corrected chi connectivity index (χ1v) is 12.5. The summed E-state index contributed by atoms with van der Waals surface area (Å²) in [6.45, 7) is 0. The molecule has 0 spiro atoms. The zero-order valence-electron chi connectivity index (χ0n) is 17.3. The van der Waals surface area contributed by atoms with Crippen LogP contribution in [-0.2, 0) is 38.4 Å². The minimum atomic E-state index is -4.41. The number of amides is 2. The van der Waals surface area contributed by atoms with Crippen LogP contribution in [0.4, 0.5) is 0 Å². The number of oxime groups is 2. The van der Waals surface area contributed by atoms with E-state index in [2.05, 4.69) is 18.9 Å². The van der Waals surface area contributed by atoms with Gasteiger partial charge in [-0.15, -0.1) is 0 Å². The maximum atomic E-state index is 12.3. The second-order valence-electron chi connectivity index (χ2n) is 6.09. The fourth-order valence-electron chi connectivity index (χ4n) is 2.25. The number of rotatable bonds is 8. The van der Waals surface area contributed by atoms with Crippen molar-refractivity contribution in [3.05, 3.63) is 48.5 Å². The maximum absolute atomic E-state index is 12.3. The Kier molecular flexibility index (Phi) is 7.43. The van der Waals surface area contributed by atoms with Crippen LogP contribution < -0.4 is 14.8 Å². The molecule has 0 aliphatic carbocycles. The van der Waals surface area contributed by atoms with Gasteiger partial charge in [0.05, 0.1) is 14.2 Å². The van der Waals surface area contributed by atoms with Crippen LogP contribution in [0.1, 0.15) is 0 Å². The van der Waals surface area contributed by atoms with Gasteiger partial charge in [-0.25, -0.2) is 0 Å². The van der Waals surface area contributed by atoms with Crippen LogP contribution in [0.5, 0.6) is 11.5 Å². The summed E-state index contributed by atoms with van der Waals surface area (Å²) in [6, 6.07) is 10.2. The first-order chi connectivity index (χ1) is 16.1. The van der Waals surface area contributed by atoms with Gasteiger partial charge in [0.1, 0.15) is 21.3 Å². The van der Waals surface area contributed by atoms with Crippen LogP contribution in [-0.4, -0.2) is 53.0 Å². The number of nitrogens with zero attached hydrogens (tertiary/aromatic N) is 2. The molecule has 1 N–H and O–H groups in total. The standard InChI is InChI=1S/C18H15N3O10S3/c1-28-11-3-7-13(8-4-11)33(24,25)30-20-17-15(22)19-16(23)18(32-17)21-31-34(26,27)14-9-5-12(29-2)6-10-14/h3-10H,1-2H3,(H,19,22,23)/b20-17-,21-18-. The molecule has 3 rings (SSSR count). The lowest BCUT2D eigenvalue weighted by Gasteiger charge is -2.13. The number of hydrogen-bond acceptors (Lipinski definition) is 13. The Labute approximate surface area is 197 Å². The van der Waals surface area contributed by atoms with Crippen LogP contribution in [0, 0.1) is 0 Å². The number of benzene rings is 2. The predicted molar refractivity (Wildman–Crippen MR) is 118 cm³/mol. The van der Waals surface area contributed by atoms with Crippen LogP contribution >= 0.6 is 11.8 Å². The van der Waals surface area contributed by atoms with E-state index < -0.39 is 42.1 Å². The Morgan fingerprint density at radius 2 is 1.03 bits per heavy atom. The second kappa shape index (κ2) is 10.1. The van der Waals surface area contributed by atoms with Crippen LogP contribution in [0.25, 0.3) is 0 Å². The highest BCUT2D eigenvalue weighted by Gasteiger charge is 2.32. The number of carbonyl (C=O) groups is 2. The average Bonchev–Trinajstić information content (AvgIpc) is 2.83. The Hall–Kier alpha value is -3.63. The van der Waals surface area contributed by atoms with Crippen LogP contribution in [0.3, 0.4) is 0 Å². The number of nitrogens with one attached hydrogen (secondary N) is 1. The van der Waals surface area contributed by atoms with Crippen molar-refractivity contribution in [2.24, 2.45) is 10.3 Å². The molecule has 2 aromatic carbocycles. The van der Waals surface area contributed by atoms with Gasteiger partial charge in [0.25, 0.3) is 11.8 Å². The summed E-state index contributed by atoms with van der Waals surface area (Å²) in [5, 5.41) is 7.06. The maximum Gasteiger partial charge on any atom is 0.358 e.